The fourth-order valence-electron chi connectivity index (χ4n) is 2.12. The largest absolute Gasteiger partial charge is 0.511 e. The van der Waals surface area contributed by atoms with E-state index in [1.165, 1.54) is 0 Å². The lowest BCUT2D eigenvalue weighted by molar-refractivity contribution is -0.201. The fraction of sp³-hybridized carbons (Fsp3) is 0.750. The van der Waals surface area contributed by atoms with Crippen LogP contribution in [0.5, 0.6) is 0 Å². The van der Waals surface area contributed by atoms with Crippen molar-refractivity contribution in [2.75, 3.05) is 13.0 Å². The summed E-state index contributed by atoms with van der Waals surface area (Å²) in [7, 11) is -4.85. The molecule has 2 heterocycles. The molecule has 0 bridgehead atoms. The molecule has 0 saturated carbocycles. The molecule has 2 rings (SSSR count). The van der Waals surface area contributed by atoms with E-state index >= 15 is 0 Å². The molecule has 22 heavy (non-hydrogen) atoms. The van der Waals surface area contributed by atoms with Gasteiger partial charge in [-0.3, -0.25) is 15.4 Å². The zero-order valence-corrected chi connectivity index (χ0v) is 12.4. The monoisotopic (exact) mass is 365 g/mol. The Morgan fingerprint density at radius 3 is 2.50 bits per heavy atom. The molecular formula is C8H10F3N3O6S2. The van der Waals surface area contributed by atoms with Gasteiger partial charge in [0.2, 0.25) is 5.72 Å². The van der Waals surface area contributed by atoms with Crippen molar-refractivity contribution in [2.45, 2.75) is 22.8 Å². The van der Waals surface area contributed by atoms with Gasteiger partial charge in [0.15, 0.2) is 6.17 Å². The van der Waals surface area contributed by atoms with Crippen molar-refractivity contribution in [3.63, 3.8) is 0 Å². The standard InChI is InChI=1S/C8H10F3N3O6S2/c1-20-7(12)5(17)14-3(4(15)16)13(2-21-6(7)14)22(18,19)8(9,10)11/h3,6H,2,12H2,1H3,(H,15,16). The summed E-state index contributed by atoms with van der Waals surface area (Å²) in [6.45, 7) is 0. The van der Waals surface area contributed by atoms with Crippen LogP contribution in [0.25, 0.3) is 0 Å². The number of hydrogen-bond donors (Lipinski definition) is 2. The minimum absolute atomic E-state index is 0.302. The number of carbonyl (C=O) groups is 2. The van der Waals surface area contributed by atoms with E-state index in [4.69, 9.17) is 15.6 Å². The number of ether oxygens (including phenoxy) is 1. The number of carboxylic acids is 1. The Kier molecular flexibility index (Phi) is 3.89. The van der Waals surface area contributed by atoms with Gasteiger partial charge in [0, 0.05) is 7.11 Å². The molecule has 14 heteroatoms. The molecule has 9 nitrogen and oxygen atoms in total. The summed E-state index contributed by atoms with van der Waals surface area (Å²) in [6, 6.07) is 0. The molecule has 2 fully saturated rings. The fourth-order valence-corrected chi connectivity index (χ4v) is 4.82. The molecule has 126 valence electrons. The number of hydrogen-bond acceptors (Lipinski definition) is 7. The van der Waals surface area contributed by atoms with Crippen LogP contribution in [-0.2, 0) is 24.3 Å². The molecule has 2 saturated heterocycles. The van der Waals surface area contributed by atoms with Crippen LogP contribution in [0.4, 0.5) is 13.2 Å². The second-order valence-electron chi connectivity index (χ2n) is 4.41. The van der Waals surface area contributed by atoms with Gasteiger partial charge < -0.3 is 9.84 Å². The highest BCUT2D eigenvalue weighted by Crippen LogP contribution is 2.45. The molecule has 1 amide bonds. The number of alkyl halides is 3. The average Bonchev–Trinajstić information content (AvgIpc) is 2.42. The third-order valence-electron chi connectivity index (χ3n) is 3.24. The summed E-state index contributed by atoms with van der Waals surface area (Å²) < 4.78 is 65.3. The number of carbonyl (C=O) groups excluding carboxylic acids is 1. The normalized spacial score (nSPS) is 33.3. The van der Waals surface area contributed by atoms with Crippen molar-refractivity contribution in [1.82, 2.24) is 9.21 Å². The van der Waals surface area contributed by atoms with Crippen LogP contribution in [-0.4, -0.2) is 70.4 Å². The number of thioether (sulfide) groups is 1. The molecule has 0 spiro atoms. The molecule has 2 aliphatic rings. The second kappa shape index (κ2) is 4.95. The van der Waals surface area contributed by atoms with Crippen LogP contribution < -0.4 is 5.73 Å². The van der Waals surface area contributed by atoms with E-state index in [0.717, 1.165) is 7.11 Å². The van der Waals surface area contributed by atoms with Gasteiger partial charge in [-0.1, -0.05) is 0 Å². The summed E-state index contributed by atoms with van der Waals surface area (Å²) in [6.07, 6.45) is -2.34. The zero-order chi connectivity index (χ0) is 17.1. The molecule has 3 N–H and O–H groups in total. The second-order valence-corrected chi connectivity index (χ2v) is 7.33. The van der Waals surface area contributed by atoms with E-state index in [9.17, 15) is 31.2 Å². The number of methoxy groups -OCH3 is 1. The van der Waals surface area contributed by atoms with Crippen LogP contribution in [0.2, 0.25) is 0 Å². The zero-order valence-electron chi connectivity index (χ0n) is 10.8. The Balaban J connectivity index is 2.43. The topological polar surface area (TPSA) is 130 Å². The Bertz CT molecular complexity index is 625. The van der Waals surface area contributed by atoms with Gasteiger partial charge in [-0.05, 0) is 0 Å². The Morgan fingerprint density at radius 1 is 1.55 bits per heavy atom. The summed E-state index contributed by atoms with van der Waals surface area (Å²) in [4.78, 5) is 23.5. The predicted octanol–water partition coefficient (Wildman–Crippen LogP) is -1.28. The highest BCUT2D eigenvalue weighted by molar-refractivity contribution is 8.01. The van der Waals surface area contributed by atoms with Crippen LogP contribution in [0.1, 0.15) is 0 Å². The molecule has 3 atom stereocenters. The van der Waals surface area contributed by atoms with Crippen molar-refractivity contribution in [3.05, 3.63) is 0 Å². The Labute approximate surface area is 126 Å². The van der Waals surface area contributed by atoms with Crippen LogP contribution in [0, 0.1) is 0 Å². The molecule has 2 aliphatic heterocycles. The summed E-state index contributed by atoms with van der Waals surface area (Å²) >= 11 is 0.559. The first-order chi connectivity index (χ1) is 9.89. The summed E-state index contributed by atoms with van der Waals surface area (Å²) in [5.41, 5.74) is -2.00. The molecular weight excluding hydrogens is 355 g/mol. The summed E-state index contributed by atoms with van der Waals surface area (Å²) in [5.74, 6) is -3.87. The minimum atomic E-state index is -5.93. The maximum Gasteiger partial charge on any atom is 0.511 e. The lowest BCUT2D eigenvalue weighted by Crippen LogP contribution is -2.84. The van der Waals surface area contributed by atoms with Gasteiger partial charge >= 0.3 is 21.5 Å². The lowest BCUT2D eigenvalue weighted by Gasteiger charge is -2.57. The van der Waals surface area contributed by atoms with Gasteiger partial charge in [0.05, 0.1) is 5.88 Å². The first kappa shape index (κ1) is 17.3. The van der Waals surface area contributed by atoms with Crippen LogP contribution in [0.3, 0.4) is 0 Å². The number of fused-ring (bicyclic) bond motifs is 1. The van der Waals surface area contributed by atoms with E-state index in [2.05, 4.69) is 0 Å². The van der Waals surface area contributed by atoms with Crippen molar-refractivity contribution >= 4 is 33.7 Å². The van der Waals surface area contributed by atoms with E-state index < -0.39 is 50.5 Å². The van der Waals surface area contributed by atoms with Crippen molar-refractivity contribution in [3.8, 4) is 0 Å². The smallest absolute Gasteiger partial charge is 0.479 e. The first-order valence-electron chi connectivity index (χ1n) is 5.49. The number of halogens is 3. The van der Waals surface area contributed by atoms with Crippen LogP contribution in [0.15, 0.2) is 0 Å². The van der Waals surface area contributed by atoms with E-state index in [0.29, 0.717) is 16.7 Å². The number of β-lactam (4-membered cyclic amide) rings is 1. The quantitative estimate of drug-likeness (QED) is 0.467. The molecule has 0 aromatic rings. The minimum Gasteiger partial charge on any atom is -0.479 e. The number of rotatable bonds is 3. The lowest BCUT2D eigenvalue weighted by atomic mass is 10.0. The highest BCUT2D eigenvalue weighted by atomic mass is 32.2. The van der Waals surface area contributed by atoms with Crippen molar-refractivity contribution < 1.29 is 41.0 Å². The number of aliphatic carboxylic acids is 1. The van der Waals surface area contributed by atoms with Crippen molar-refractivity contribution in [2.24, 2.45) is 5.73 Å². The Morgan fingerprint density at radius 2 is 2.09 bits per heavy atom. The number of nitrogens with two attached hydrogens (primary N) is 1. The van der Waals surface area contributed by atoms with E-state index in [1.54, 1.807) is 0 Å². The third kappa shape index (κ3) is 2.09. The Hall–Kier alpha value is -1.09. The molecule has 3 unspecified atom stereocenters. The first-order valence-corrected chi connectivity index (χ1v) is 7.97. The maximum absolute atomic E-state index is 12.6. The van der Waals surface area contributed by atoms with Gasteiger partial charge in [-0.15, -0.1) is 11.8 Å². The van der Waals surface area contributed by atoms with E-state index in [-0.39, 0.29) is 4.31 Å². The van der Waals surface area contributed by atoms with Gasteiger partial charge in [0.25, 0.3) is 5.91 Å². The highest BCUT2D eigenvalue weighted by Gasteiger charge is 2.69. The van der Waals surface area contributed by atoms with Gasteiger partial charge in [0.1, 0.15) is 5.37 Å². The van der Waals surface area contributed by atoms with Gasteiger partial charge in [-0.2, -0.15) is 17.5 Å². The maximum atomic E-state index is 12.6. The predicted molar refractivity (Wildman–Crippen MR) is 65.3 cm³/mol. The summed E-state index contributed by atoms with van der Waals surface area (Å²) in [5, 5.41) is 7.96. The van der Waals surface area contributed by atoms with Crippen LogP contribution >= 0.6 is 11.8 Å². The average molecular weight is 365 g/mol. The van der Waals surface area contributed by atoms with E-state index in [1.807, 2.05) is 0 Å². The van der Waals surface area contributed by atoms with Crippen molar-refractivity contribution in [1.29, 1.82) is 0 Å². The number of carboxylic acid groups (broad SMARTS) is 1. The number of amides is 1. The SMILES string of the molecule is COC1(N)C(=O)N2C(C(=O)O)N(S(=O)(=O)C(F)(F)F)CSC21. The molecule has 0 aromatic heterocycles. The molecule has 0 aromatic carbocycles. The molecule has 0 radical (unpaired) electrons. The van der Waals surface area contributed by atoms with Gasteiger partial charge in [-0.25, -0.2) is 13.2 Å². The molecule has 0 aliphatic carbocycles. The number of nitrogens with zero attached hydrogens (tertiary/aromatic N) is 2. The third-order valence-corrected chi connectivity index (χ3v) is 6.26. The number of sulfonamides is 1.